The van der Waals surface area contributed by atoms with Crippen molar-refractivity contribution < 1.29 is 109 Å². The maximum atomic E-state index is 13.1. The molecular formula is C53H90O22. The molecule has 29 unspecified atom stereocenters. The molecule has 434 valence electrons. The van der Waals surface area contributed by atoms with E-state index >= 15 is 0 Å². The predicted octanol–water partition coefficient (Wildman–Crippen LogP) is -1.42. The van der Waals surface area contributed by atoms with Crippen molar-refractivity contribution in [1.29, 1.82) is 0 Å². The number of ether oxygens (including phenoxy) is 8. The predicted molar refractivity (Wildman–Crippen MR) is 260 cm³/mol. The maximum Gasteiger partial charge on any atom is 0.187 e. The fraction of sp³-hybridized carbons (Fsp3) is 0.962. The number of allylic oxidation sites excluding steroid dienone is 2. The first-order valence-electron chi connectivity index (χ1n) is 27.5. The molecular weight excluding hydrogens is 989 g/mol. The first kappa shape index (κ1) is 60.0. The van der Waals surface area contributed by atoms with Gasteiger partial charge in [-0.15, -0.1) is 0 Å². The molecule has 0 amide bonds. The van der Waals surface area contributed by atoms with Crippen molar-refractivity contribution in [2.45, 2.75) is 260 Å². The minimum atomic E-state index is -2.01. The van der Waals surface area contributed by atoms with Crippen LogP contribution >= 0.6 is 0 Å². The topological polar surface area (TPSA) is 357 Å². The van der Waals surface area contributed by atoms with Crippen molar-refractivity contribution >= 4 is 0 Å². The minimum absolute atomic E-state index is 0.00835. The fourth-order valence-corrected chi connectivity index (χ4v) is 15.4. The van der Waals surface area contributed by atoms with Crippen LogP contribution in [-0.4, -0.2) is 232 Å². The number of fused-ring (bicyclic) bond motifs is 4. The van der Waals surface area contributed by atoms with Crippen LogP contribution in [0.1, 0.15) is 120 Å². The van der Waals surface area contributed by atoms with E-state index in [1.165, 1.54) is 25.0 Å². The molecule has 0 aromatic rings. The second-order valence-electron chi connectivity index (χ2n) is 24.8. The Labute approximate surface area is 439 Å². The van der Waals surface area contributed by atoms with Crippen molar-refractivity contribution in [3.63, 3.8) is 0 Å². The molecule has 0 radical (unpaired) electrons. The van der Waals surface area contributed by atoms with Crippen molar-refractivity contribution in [2.24, 2.45) is 39.9 Å². The number of aliphatic hydroxyl groups is 14. The molecule has 0 spiro atoms. The lowest BCUT2D eigenvalue weighted by molar-refractivity contribution is -0.405. The highest BCUT2D eigenvalue weighted by Crippen LogP contribution is 2.72. The van der Waals surface area contributed by atoms with Gasteiger partial charge >= 0.3 is 0 Å². The summed E-state index contributed by atoms with van der Waals surface area (Å²) >= 11 is 0. The van der Waals surface area contributed by atoms with Crippen LogP contribution < -0.4 is 0 Å². The van der Waals surface area contributed by atoms with Gasteiger partial charge in [0.1, 0.15) is 91.1 Å². The largest absolute Gasteiger partial charge is 0.394 e. The van der Waals surface area contributed by atoms with Gasteiger partial charge in [0.05, 0.1) is 44.2 Å². The van der Waals surface area contributed by atoms with E-state index in [2.05, 4.69) is 41.5 Å². The van der Waals surface area contributed by atoms with Crippen LogP contribution in [0.3, 0.4) is 0 Å². The summed E-state index contributed by atoms with van der Waals surface area (Å²) in [7, 11) is 0. The van der Waals surface area contributed by atoms with Crippen LogP contribution in [0.2, 0.25) is 0 Å². The van der Waals surface area contributed by atoms with Gasteiger partial charge in [-0.05, 0) is 112 Å². The van der Waals surface area contributed by atoms with Crippen molar-refractivity contribution in [3.05, 3.63) is 11.1 Å². The zero-order chi connectivity index (χ0) is 55.0. The van der Waals surface area contributed by atoms with Crippen molar-refractivity contribution in [3.8, 4) is 0 Å². The molecule has 14 N–H and O–H groups in total. The smallest absolute Gasteiger partial charge is 0.187 e. The van der Waals surface area contributed by atoms with Gasteiger partial charge in [-0.2, -0.15) is 0 Å². The Morgan fingerprint density at radius 2 is 1.11 bits per heavy atom. The monoisotopic (exact) mass is 1080 g/mol. The highest BCUT2D eigenvalue weighted by Gasteiger charge is 2.66. The van der Waals surface area contributed by atoms with Crippen molar-refractivity contribution in [2.75, 3.05) is 19.8 Å². The third-order valence-corrected chi connectivity index (χ3v) is 19.9. The zero-order valence-corrected chi connectivity index (χ0v) is 44.7. The molecule has 4 saturated heterocycles. The third-order valence-electron chi connectivity index (χ3n) is 19.9. The standard InChI is InChI=1S/C53H90O22/c1-22(2)17-26(57)18-23(3)27-11-15-52(8)29-9-10-32-50(6,28(29)12-16-51(27,52)7)14-13-33(53(32,67)21-56)72-49-45(44(37(61)31(20-55)71-49)74-46-40(64)38(62)34(58)24(4)68-46)75-48-42(66)43(35(59)25(5)69-48)73-47-41(65)39(63)36(60)30(19-54)70-47/h22-27,30-49,54-67H,9-21H2,1-8H3. The highest BCUT2D eigenvalue weighted by atomic mass is 16.8. The maximum absolute atomic E-state index is 13.1. The molecule has 29 atom stereocenters. The summed E-state index contributed by atoms with van der Waals surface area (Å²) in [6.07, 6.45) is -28.2. The van der Waals surface area contributed by atoms with Crippen LogP contribution in [0.25, 0.3) is 0 Å². The van der Waals surface area contributed by atoms with E-state index in [9.17, 15) is 71.5 Å². The number of rotatable bonds is 16. The van der Waals surface area contributed by atoms with Crippen molar-refractivity contribution in [1.82, 2.24) is 0 Å². The molecule has 75 heavy (non-hydrogen) atoms. The summed E-state index contributed by atoms with van der Waals surface area (Å²) < 4.78 is 48.8. The Bertz CT molecular complexity index is 1950. The second kappa shape index (κ2) is 23.0. The van der Waals surface area contributed by atoms with Gasteiger partial charge in [0.25, 0.3) is 0 Å². The molecule has 22 heteroatoms. The van der Waals surface area contributed by atoms with E-state index in [1.54, 1.807) is 0 Å². The fourth-order valence-electron chi connectivity index (χ4n) is 15.4. The van der Waals surface area contributed by atoms with Crippen LogP contribution in [0.5, 0.6) is 0 Å². The van der Waals surface area contributed by atoms with Crippen LogP contribution in [-0.2, 0) is 37.9 Å². The number of hydrogen-bond donors (Lipinski definition) is 14. The molecule has 6 fully saturated rings. The molecule has 0 aromatic carbocycles. The van der Waals surface area contributed by atoms with E-state index in [-0.39, 0.29) is 23.4 Å². The molecule has 2 saturated carbocycles. The number of hydrogen-bond acceptors (Lipinski definition) is 22. The summed E-state index contributed by atoms with van der Waals surface area (Å²) in [6, 6.07) is 0. The lowest BCUT2D eigenvalue weighted by Crippen LogP contribution is -2.69. The highest BCUT2D eigenvalue weighted by molar-refractivity contribution is 5.39. The molecule has 4 aliphatic carbocycles. The van der Waals surface area contributed by atoms with Gasteiger partial charge in [-0.1, -0.05) is 52.7 Å². The van der Waals surface area contributed by atoms with Gasteiger partial charge < -0.3 is 109 Å². The lowest BCUT2D eigenvalue weighted by atomic mass is 9.44. The van der Waals surface area contributed by atoms with E-state index < -0.39 is 166 Å². The van der Waals surface area contributed by atoms with Crippen LogP contribution in [0, 0.1) is 39.9 Å². The summed E-state index contributed by atoms with van der Waals surface area (Å²) in [4.78, 5) is 0. The lowest BCUT2D eigenvalue weighted by Gasteiger charge is -2.62. The average Bonchev–Trinajstić information content (AvgIpc) is 3.65. The average molecular weight is 1080 g/mol. The Morgan fingerprint density at radius 3 is 1.73 bits per heavy atom. The first-order valence-corrected chi connectivity index (χ1v) is 27.5. The van der Waals surface area contributed by atoms with Gasteiger partial charge in [-0.25, -0.2) is 0 Å². The summed E-state index contributed by atoms with van der Waals surface area (Å²) in [5.74, 6) is 0.627. The van der Waals surface area contributed by atoms with E-state index in [0.29, 0.717) is 37.0 Å². The SMILES string of the molecule is CC(C)CC(O)CC(C)C1CCC2(C)C3=C(CCC12C)C1(C)CCC(OC2OC(CO)C(O)C(OC4OC(C)C(O)C(O)C4O)C2OC2OC(C)C(O)C(OC4OC(CO)C(O)C(O)C4O)C2O)C(O)(CO)C1CC3. The zero-order valence-electron chi connectivity index (χ0n) is 44.7. The van der Waals surface area contributed by atoms with Gasteiger partial charge in [0.2, 0.25) is 0 Å². The van der Waals surface area contributed by atoms with E-state index in [1.807, 2.05) is 0 Å². The number of aliphatic hydroxyl groups excluding tert-OH is 13. The molecule has 4 heterocycles. The summed E-state index contributed by atoms with van der Waals surface area (Å²) in [5, 5.41) is 155. The van der Waals surface area contributed by atoms with Crippen LogP contribution in [0.4, 0.5) is 0 Å². The van der Waals surface area contributed by atoms with E-state index in [4.69, 9.17) is 37.9 Å². The summed E-state index contributed by atoms with van der Waals surface area (Å²) in [6.45, 7) is 14.0. The molecule has 0 aromatic heterocycles. The third kappa shape index (κ3) is 10.6. The Balaban J connectivity index is 1.09. The van der Waals surface area contributed by atoms with Gasteiger partial charge in [0, 0.05) is 5.92 Å². The minimum Gasteiger partial charge on any atom is -0.394 e. The molecule has 22 nitrogen and oxygen atoms in total. The summed E-state index contributed by atoms with van der Waals surface area (Å²) in [5.41, 5.74) is 0.131. The first-order chi connectivity index (χ1) is 35.2. The second-order valence-corrected chi connectivity index (χ2v) is 24.8. The van der Waals surface area contributed by atoms with Gasteiger partial charge in [0.15, 0.2) is 25.2 Å². The molecule has 0 bridgehead atoms. The quantitative estimate of drug-likeness (QED) is 0.0789. The van der Waals surface area contributed by atoms with E-state index in [0.717, 1.165) is 38.5 Å². The molecule has 8 rings (SSSR count). The van der Waals surface area contributed by atoms with Gasteiger partial charge in [-0.3, -0.25) is 0 Å². The Morgan fingerprint density at radius 1 is 0.547 bits per heavy atom. The molecule has 4 aliphatic heterocycles. The Hall–Kier alpha value is -1.14. The van der Waals surface area contributed by atoms with Crippen LogP contribution in [0.15, 0.2) is 11.1 Å². The normalized spacial score (nSPS) is 52.3. The Kier molecular flexibility index (Phi) is 18.4. The molecule has 8 aliphatic rings.